The minimum atomic E-state index is -0.201. The van der Waals surface area contributed by atoms with E-state index in [4.69, 9.17) is 0 Å². The molecule has 0 bridgehead atoms. The third-order valence-electron chi connectivity index (χ3n) is 8.03. The van der Waals surface area contributed by atoms with E-state index in [2.05, 4.69) is 31.5 Å². The normalized spacial score (nSPS) is 16.0. The molecular formula is C32H36N6O3. The van der Waals surface area contributed by atoms with Gasteiger partial charge in [0, 0.05) is 74.0 Å². The predicted molar refractivity (Wildman–Crippen MR) is 161 cm³/mol. The highest BCUT2D eigenvalue weighted by molar-refractivity contribution is 6.04. The molecule has 0 atom stereocenters. The zero-order chi connectivity index (χ0) is 28.3. The van der Waals surface area contributed by atoms with E-state index in [-0.39, 0.29) is 18.0 Å². The first kappa shape index (κ1) is 27.0. The molecule has 0 radical (unpaired) electrons. The maximum Gasteiger partial charge on any atom is 0.325 e. The van der Waals surface area contributed by atoms with Crippen LogP contribution in [0.3, 0.4) is 0 Å². The number of anilines is 3. The van der Waals surface area contributed by atoms with Crippen molar-refractivity contribution in [3.8, 4) is 0 Å². The number of hydrogen-bond acceptors (Lipinski definition) is 6. The number of aliphatic hydroxyl groups excluding tert-OH is 1. The molecule has 9 nitrogen and oxygen atoms in total. The average Bonchev–Trinajstić information content (AvgIpc) is 3.73. The van der Waals surface area contributed by atoms with Crippen LogP contribution in [-0.4, -0.2) is 64.3 Å². The molecule has 0 unspecified atom stereocenters. The molecule has 0 spiro atoms. The summed E-state index contributed by atoms with van der Waals surface area (Å²) >= 11 is 0. The van der Waals surface area contributed by atoms with Crippen LogP contribution >= 0.6 is 0 Å². The summed E-state index contributed by atoms with van der Waals surface area (Å²) in [4.78, 5) is 34.3. The summed E-state index contributed by atoms with van der Waals surface area (Å²) in [5, 5.41) is 16.4. The van der Waals surface area contributed by atoms with Gasteiger partial charge in [0.15, 0.2) is 0 Å². The third kappa shape index (κ3) is 6.26. The van der Waals surface area contributed by atoms with Gasteiger partial charge in [-0.25, -0.2) is 9.78 Å². The van der Waals surface area contributed by atoms with Gasteiger partial charge in [-0.05, 0) is 79.6 Å². The van der Waals surface area contributed by atoms with Crippen molar-refractivity contribution in [2.45, 2.75) is 38.3 Å². The number of amides is 2. The molecule has 41 heavy (non-hydrogen) atoms. The van der Waals surface area contributed by atoms with Gasteiger partial charge in [0.05, 0.1) is 11.6 Å². The van der Waals surface area contributed by atoms with Crippen molar-refractivity contribution in [3.63, 3.8) is 0 Å². The second-order valence-electron chi connectivity index (χ2n) is 11.1. The number of carbonyl (C=O) groups is 2. The van der Waals surface area contributed by atoms with Crippen molar-refractivity contribution < 1.29 is 14.7 Å². The fraction of sp³-hybridized carbons (Fsp3) is 0.344. The fourth-order valence-electron chi connectivity index (χ4n) is 5.46. The first-order valence-corrected chi connectivity index (χ1v) is 14.3. The Morgan fingerprint density at radius 2 is 1.73 bits per heavy atom. The van der Waals surface area contributed by atoms with E-state index in [9.17, 15) is 14.7 Å². The molecule has 1 saturated carbocycles. The summed E-state index contributed by atoms with van der Waals surface area (Å²) in [6, 6.07) is 19.5. The molecule has 1 aliphatic heterocycles. The van der Waals surface area contributed by atoms with Crippen molar-refractivity contribution in [2.75, 3.05) is 36.9 Å². The topological polar surface area (TPSA) is 103 Å². The molecule has 2 aromatic heterocycles. The van der Waals surface area contributed by atoms with Crippen LogP contribution in [0.4, 0.5) is 22.0 Å². The highest BCUT2D eigenvalue weighted by Gasteiger charge is 2.26. The molecule has 2 amide bonds. The van der Waals surface area contributed by atoms with Gasteiger partial charge in [-0.2, -0.15) is 0 Å². The average molecular weight is 553 g/mol. The molecule has 4 aromatic rings. The molecule has 1 aliphatic carbocycles. The monoisotopic (exact) mass is 552 g/mol. The molecule has 2 fully saturated rings. The Hall–Kier alpha value is -4.21. The highest BCUT2D eigenvalue weighted by Crippen LogP contribution is 2.37. The standard InChI is InChI=1S/C32H36N6O3/c1-33-32(41)37-17-11-25-18-26(8-9-29(25)37)38(21-23-2-3-23)27-10-14-34-30(19-27)35-31(40)24-6-4-22(5-7-24)20-36-15-12-28(39)13-16-36/h4-11,14,17-19,23,28,39H,2-3,12-13,15-16,20-21H2,1H3,(H,33,41)(H,34,35,40). The van der Waals surface area contributed by atoms with Crippen LogP contribution in [-0.2, 0) is 6.54 Å². The van der Waals surface area contributed by atoms with E-state index in [0.29, 0.717) is 17.3 Å². The van der Waals surface area contributed by atoms with E-state index in [0.717, 1.165) is 66.9 Å². The van der Waals surface area contributed by atoms with Gasteiger partial charge >= 0.3 is 6.03 Å². The lowest BCUT2D eigenvalue weighted by Crippen LogP contribution is -2.35. The Bertz CT molecular complexity index is 1540. The maximum absolute atomic E-state index is 13.1. The minimum absolute atomic E-state index is 0.172. The van der Waals surface area contributed by atoms with E-state index in [1.165, 1.54) is 12.8 Å². The first-order chi connectivity index (χ1) is 20.0. The smallest absolute Gasteiger partial charge is 0.325 e. The number of aromatic nitrogens is 2. The number of pyridine rings is 1. The van der Waals surface area contributed by atoms with Gasteiger partial charge in [-0.1, -0.05) is 12.1 Å². The maximum atomic E-state index is 13.1. The molecule has 2 aliphatic rings. The number of piperidine rings is 1. The van der Waals surface area contributed by atoms with Gasteiger partial charge in [0.1, 0.15) is 5.82 Å². The lowest BCUT2D eigenvalue weighted by atomic mass is 10.1. The van der Waals surface area contributed by atoms with Crippen LogP contribution in [0.5, 0.6) is 0 Å². The number of nitrogens with zero attached hydrogens (tertiary/aromatic N) is 4. The lowest BCUT2D eigenvalue weighted by Gasteiger charge is -2.29. The Kier molecular flexibility index (Phi) is 7.71. The van der Waals surface area contributed by atoms with E-state index in [1.54, 1.807) is 24.0 Å². The Morgan fingerprint density at radius 3 is 2.46 bits per heavy atom. The fourth-order valence-corrected chi connectivity index (χ4v) is 5.46. The summed E-state index contributed by atoms with van der Waals surface area (Å²) in [6.45, 7) is 3.47. The van der Waals surface area contributed by atoms with Crippen LogP contribution < -0.4 is 15.5 Å². The van der Waals surface area contributed by atoms with Gasteiger partial charge in [-0.3, -0.25) is 14.3 Å². The predicted octanol–water partition coefficient (Wildman–Crippen LogP) is 4.98. The zero-order valence-corrected chi connectivity index (χ0v) is 23.3. The number of rotatable bonds is 8. The number of benzene rings is 2. The minimum Gasteiger partial charge on any atom is -0.393 e. The van der Waals surface area contributed by atoms with E-state index < -0.39 is 0 Å². The van der Waals surface area contributed by atoms with Gasteiger partial charge < -0.3 is 20.6 Å². The van der Waals surface area contributed by atoms with Crippen molar-refractivity contribution in [1.29, 1.82) is 0 Å². The van der Waals surface area contributed by atoms with E-state index in [1.807, 2.05) is 54.6 Å². The van der Waals surface area contributed by atoms with Crippen LogP contribution in [0.25, 0.3) is 10.9 Å². The van der Waals surface area contributed by atoms with Crippen molar-refractivity contribution in [3.05, 3.63) is 84.2 Å². The number of aliphatic hydroxyl groups is 1. The molecular weight excluding hydrogens is 516 g/mol. The quantitative estimate of drug-likeness (QED) is 0.285. The highest BCUT2D eigenvalue weighted by atomic mass is 16.3. The number of hydrogen-bond donors (Lipinski definition) is 3. The lowest BCUT2D eigenvalue weighted by molar-refractivity contribution is 0.0792. The Balaban J connectivity index is 1.17. The Labute approximate surface area is 239 Å². The summed E-state index contributed by atoms with van der Waals surface area (Å²) in [7, 11) is 1.62. The van der Waals surface area contributed by atoms with Gasteiger partial charge in [0.25, 0.3) is 5.91 Å². The summed E-state index contributed by atoms with van der Waals surface area (Å²) in [5.41, 5.74) is 4.56. The number of fused-ring (bicyclic) bond motifs is 1. The first-order valence-electron chi connectivity index (χ1n) is 14.3. The third-order valence-corrected chi connectivity index (χ3v) is 8.03. The molecule has 6 rings (SSSR count). The molecule has 3 heterocycles. The molecule has 2 aromatic carbocycles. The summed E-state index contributed by atoms with van der Waals surface area (Å²) < 4.78 is 1.61. The van der Waals surface area contributed by atoms with Gasteiger partial charge in [-0.15, -0.1) is 0 Å². The number of nitrogens with one attached hydrogen (secondary N) is 2. The number of carbonyl (C=O) groups excluding carboxylic acids is 2. The number of likely N-dealkylation sites (tertiary alicyclic amines) is 1. The molecule has 212 valence electrons. The molecule has 3 N–H and O–H groups in total. The van der Waals surface area contributed by atoms with Crippen molar-refractivity contribution in [1.82, 2.24) is 19.8 Å². The van der Waals surface area contributed by atoms with Crippen LogP contribution in [0.1, 0.15) is 41.6 Å². The van der Waals surface area contributed by atoms with Crippen LogP contribution in [0.2, 0.25) is 0 Å². The van der Waals surface area contributed by atoms with Gasteiger partial charge in [0.2, 0.25) is 0 Å². The summed E-state index contributed by atoms with van der Waals surface area (Å²) in [5.74, 6) is 0.921. The second kappa shape index (κ2) is 11.7. The zero-order valence-electron chi connectivity index (χ0n) is 23.3. The van der Waals surface area contributed by atoms with Crippen molar-refractivity contribution >= 4 is 40.0 Å². The van der Waals surface area contributed by atoms with Crippen molar-refractivity contribution in [2.24, 2.45) is 5.92 Å². The SMILES string of the molecule is CNC(=O)n1ccc2cc(N(CC3CC3)c3ccnc(NC(=O)c4ccc(CN5CCC(O)CC5)cc4)c3)ccc21. The molecule has 9 heteroatoms. The van der Waals surface area contributed by atoms with Crippen LogP contribution in [0.15, 0.2) is 73.1 Å². The molecule has 1 saturated heterocycles. The second-order valence-corrected chi connectivity index (χ2v) is 11.1. The summed E-state index contributed by atoms with van der Waals surface area (Å²) in [6.07, 6.45) is 7.35. The Morgan fingerprint density at radius 1 is 0.976 bits per heavy atom. The van der Waals surface area contributed by atoms with Crippen LogP contribution in [0, 0.1) is 5.92 Å². The largest absolute Gasteiger partial charge is 0.393 e. The van der Waals surface area contributed by atoms with E-state index >= 15 is 0 Å².